The first-order chi connectivity index (χ1) is 9.86. The average Bonchev–Trinajstić information content (AvgIpc) is 2.46. The highest BCUT2D eigenvalue weighted by Crippen LogP contribution is 2.32. The number of rotatable bonds is 8. The minimum absolute atomic E-state index is 0.324. The van der Waals surface area contributed by atoms with Gasteiger partial charge in [0, 0.05) is 0 Å². The number of halogens is 1. The van der Waals surface area contributed by atoms with E-state index < -0.39 is 16.9 Å². The highest BCUT2D eigenvalue weighted by Gasteiger charge is 2.22. The molecule has 4 atom stereocenters. The number of para-hydroxylation sites is 1. The van der Waals surface area contributed by atoms with E-state index in [2.05, 4.69) is 39.0 Å². The lowest BCUT2D eigenvalue weighted by Gasteiger charge is -2.23. The highest BCUT2D eigenvalue weighted by molar-refractivity contribution is 7.93. The number of benzene rings is 1. The first kappa shape index (κ1) is 18.1. The second-order valence-electron chi connectivity index (χ2n) is 5.93. The van der Waals surface area contributed by atoms with E-state index in [9.17, 15) is 8.94 Å². The molecule has 0 aliphatic rings. The quantitative estimate of drug-likeness (QED) is 0.540. The number of nitrogens with one attached hydrogen (secondary N) is 1. The Morgan fingerprint density at radius 3 is 2.48 bits per heavy atom. The van der Waals surface area contributed by atoms with Crippen LogP contribution in [0.25, 0.3) is 0 Å². The molecule has 0 spiro atoms. The lowest BCUT2D eigenvalue weighted by molar-refractivity contribution is 0.369. The van der Waals surface area contributed by atoms with Crippen LogP contribution in [-0.2, 0) is 11.4 Å². The molecule has 2 nitrogen and oxygen atoms in total. The molecule has 0 bridgehead atoms. The SMILES string of the molecule is C=CC(F)[S+]([O-])Nc1ccccc1C(C)CC(C)C(C)C. The van der Waals surface area contributed by atoms with Gasteiger partial charge in [0.1, 0.15) is 11.4 Å². The van der Waals surface area contributed by atoms with Gasteiger partial charge in [-0.2, -0.15) is 4.39 Å². The third-order valence-electron chi connectivity index (χ3n) is 3.96. The van der Waals surface area contributed by atoms with Gasteiger partial charge < -0.3 is 4.55 Å². The zero-order valence-electron chi connectivity index (χ0n) is 13.3. The molecular weight excluding hydrogens is 285 g/mol. The Hall–Kier alpha value is -1.00. The molecule has 4 heteroatoms. The predicted molar refractivity (Wildman–Crippen MR) is 90.3 cm³/mol. The summed E-state index contributed by atoms with van der Waals surface area (Å²) in [6.07, 6.45) is 2.10. The van der Waals surface area contributed by atoms with Gasteiger partial charge in [0.15, 0.2) is 0 Å². The van der Waals surface area contributed by atoms with Crippen molar-refractivity contribution in [1.82, 2.24) is 0 Å². The van der Waals surface area contributed by atoms with Crippen LogP contribution in [-0.4, -0.2) is 10.1 Å². The summed E-state index contributed by atoms with van der Waals surface area (Å²) in [7, 11) is 0. The lowest BCUT2D eigenvalue weighted by atomic mass is 9.85. The molecule has 4 unspecified atom stereocenters. The maximum atomic E-state index is 13.4. The van der Waals surface area contributed by atoms with E-state index in [1.165, 1.54) is 0 Å². The van der Waals surface area contributed by atoms with Crippen LogP contribution in [0.5, 0.6) is 0 Å². The maximum absolute atomic E-state index is 13.4. The van der Waals surface area contributed by atoms with Crippen molar-refractivity contribution in [3.8, 4) is 0 Å². The van der Waals surface area contributed by atoms with E-state index in [0.29, 0.717) is 17.8 Å². The summed E-state index contributed by atoms with van der Waals surface area (Å²) in [5.74, 6) is 1.54. The molecule has 0 saturated heterocycles. The first-order valence-electron chi connectivity index (χ1n) is 7.39. The predicted octanol–water partition coefficient (Wildman–Crippen LogP) is 5.03. The second kappa shape index (κ2) is 8.44. The van der Waals surface area contributed by atoms with Gasteiger partial charge in [-0.25, -0.2) is 4.72 Å². The van der Waals surface area contributed by atoms with Gasteiger partial charge in [-0.05, 0) is 41.9 Å². The standard InChI is InChI=1S/C17H26FNOS/c1-6-17(18)21(20)19-16-10-8-7-9-15(16)14(5)11-13(4)12(2)3/h6-10,12-14,17,19H,1,11H2,2-5H3. The van der Waals surface area contributed by atoms with E-state index in [-0.39, 0.29) is 0 Å². The van der Waals surface area contributed by atoms with E-state index in [0.717, 1.165) is 23.7 Å². The summed E-state index contributed by atoms with van der Waals surface area (Å²) in [6, 6.07) is 7.68. The van der Waals surface area contributed by atoms with Gasteiger partial charge in [0.2, 0.25) is 0 Å². The minimum atomic E-state index is -1.80. The fourth-order valence-electron chi connectivity index (χ4n) is 2.23. The molecule has 0 heterocycles. The molecule has 0 fully saturated rings. The van der Waals surface area contributed by atoms with Crippen molar-refractivity contribution < 1.29 is 8.94 Å². The van der Waals surface area contributed by atoms with Crippen molar-refractivity contribution in [3.05, 3.63) is 42.5 Å². The summed E-state index contributed by atoms with van der Waals surface area (Å²) in [5, 5.41) is 0. The Balaban J connectivity index is 2.85. The van der Waals surface area contributed by atoms with Gasteiger partial charge in [0.05, 0.1) is 5.69 Å². The molecule has 0 aliphatic carbocycles. The molecule has 118 valence electrons. The Bertz CT molecular complexity index is 452. The molecular formula is C17H26FNOS. The third-order valence-corrected chi connectivity index (χ3v) is 4.98. The van der Waals surface area contributed by atoms with Crippen LogP contribution in [0.4, 0.5) is 10.1 Å². The molecule has 21 heavy (non-hydrogen) atoms. The molecule has 1 rings (SSSR count). The summed E-state index contributed by atoms with van der Waals surface area (Å²) in [5.41, 5.74) is 0.251. The molecule has 0 saturated carbocycles. The van der Waals surface area contributed by atoms with Crippen molar-refractivity contribution in [2.24, 2.45) is 11.8 Å². The van der Waals surface area contributed by atoms with Gasteiger partial charge >= 0.3 is 0 Å². The van der Waals surface area contributed by atoms with Crippen molar-refractivity contribution in [2.75, 3.05) is 4.72 Å². The fraction of sp³-hybridized carbons (Fsp3) is 0.529. The average molecular weight is 311 g/mol. The molecule has 1 aromatic rings. The number of alkyl halides is 1. The monoisotopic (exact) mass is 311 g/mol. The Kier molecular flexibility index (Phi) is 7.26. The first-order valence-corrected chi connectivity index (χ1v) is 8.60. The summed E-state index contributed by atoms with van der Waals surface area (Å²) in [6.45, 7) is 12.2. The zero-order chi connectivity index (χ0) is 16.0. The number of anilines is 1. The topological polar surface area (TPSA) is 35.1 Å². The van der Waals surface area contributed by atoms with Gasteiger partial charge in [-0.15, -0.1) is 0 Å². The molecule has 0 radical (unpaired) electrons. The van der Waals surface area contributed by atoms with Crippen LogP contribution in [0.1, 0.15) is 45.6 Å². The van der Waals surface area contributed by atoms with Crippen LogP contribution in [0.2, 0.25) is 0 Å². The van der Waals surface area contributed by atoms with Crippen molar-refractivity contribution >= 4 is 17.0 Å². The summed E-state index contributed by atoms with van der Waals surface area (Å²) in [4.78, 5) is 0. The zero-order valence-corrected chi connectivity index (χ0v) is 14.1. The van der Waals surface area contributed by atoms with Crippen LogP contribution in [0.15, 0.2) is 36.9 Å². The Labute approximate surface area is 131 Å². The number of hydrogen-bond acceptors (Lipinski definition) is 2. The van der Waals surface area contributed by atoms with Crippen LogP contribution < -0.4 is 4.72 Å². The van der Waals surface area contributed by atoms with Gasteiger partial charge in [-0.1, -0.05) is 52.5 Å². The smallest absolute Gasteiger partial charge is 0.295 e. The fourth-order valence-corrected chi connectivity index (χ4v) is 2.92. The lowest BCUT2D eigenvalue weighted by Crippen LogP contribution is -2.23. The van der Waals surface area contributed by atoms with Crippen LogP contribution in [0.3, 0.4) is 0 Å². The van der Waals surface area contributed by atoms with Gasteiger partial charge in [-0.3, -0.25) is 0 Å². The Morgan fingerprint density at radius 2 is 1.90 bits per heavy atom. The van der Waals surface area contributed by atoms with Crippen molar-refractivity contribution in [2.45, 2.75) is 45.5 Å². The van der Waals surface area contributed by atoms with Crippen molar-refractivity contribution in [3.63, 3.8) is 0 Å². The van der Waals surface area contributed by atoms with Crippen molar-refractivity contribution in [1.29, 1.82) is 0 Å². The molecule has 1 N–H and O–H groups in total. The van der Waals surface area contributed by atoms with Crippen LogP contribution in [0, 0.1) is 11.8 Å². The molecule has 0 aromatic heterocycles. The highest BCUT2D eigenvalue weighted by atomic mass is 32.2. The third kappa shape index (κ3) is 5.36. The van der Waals surface area contributed by atoms with E-state index >= 15 is 0 Å². The van der Waals surface area contributed by atoms with E-state index in [1.54, 1.807) is 0 Å². The maximum Gasteiger partial charge on any atom is 0.295 e. The normalized spacial score (nSPS) is 17.1. The van der Waals surface area contributed by atoms with E-state index in [1.807, 2.05) is 24.3 Å². The molecule has 0 amide bonds. The summed E-state index contributed by atoms with van der Waals surface area (Å²) >= 11 is -1.80. The molecule has 0 aliphatic heterocycles. The number of hydrogen-bond donors (Lipinski definition) is 1. The Morgan fingerprint density at radius 1 is 1.29 bits per heavy atom. The minimum Gasteiger partial charge on any atom is -0.590 e. The summed E-state index contributed by atoms with van der Waals surface area (Å²) < 4.78 is 28.0. The second-order valence-corrected chi connectivity index (χ2v) is 7.18. The molecule has 1 aromatic carbocycles. The largest absolute Gasteiger partial charge is 0.590 e. The van der Waals surface area contributed by atoms with E-state index in [4.69, 9.17) is 0 Å². The van der Waals surface area contributed by atoms with Gasteiger partial charge in [0.25, 0.3) is 5.50 Å². The van der Waals surface area contributed by atoms with Crippen LogP contribution >= 0.6 is 0 Å².